The Morgan fingerprint density at radius 2 is 2.33 bits per heavy atom. The number of carbonyl (C=O) groups is 1. The molecule has 0 heterocycles. The van der Waals surface area contributed by atoms with Crippen molar-refractivity contribution in [2.75, 3.05) is 6.61 Å². The molecule has 0 saturated carbocycles. The van der Waals surface area contributed by atoms with Crippen LogP contribution in [0, 0.1) is 0 Å². The minimum Gasteiger partial charge on any atom is -0.466 e. The molecule has 1 atom stereocenters. The first-order valence-corrected chi connectivity index (χ1v) is 3.71. The molecule has 5 nitrogen and oxygen atoms in total. The molecule has 0 unspecified atom stereocenters. The van der Waals surface area contributed by atoms with Gasteiger partial charge in [0.05, 0.1) is 24.8 Å². The van der Waals surface area contributed by atoms with Crippen molar-refractivity contribution in [3.05, 3.63) is 0 Å². The summed E-state index contributed by atoms with van der Waals surface area (Å²) in [5.41, 5.74) is 5.79. The van der Waals surface area contributed by atoms with E-state index in [1.54, 1.807) is 13.8 Å². The van der Waals surface area contributed by atoms with Gasteiger partial charge in [-0.25, -0.2) is 0 Å². The molecule has 5 heteroatoms. The van der Waals surface area contributed by atoms with E-state index in [1.165, 1.54) is 0 Å². The largest absolute Gasteiger partial charge is 0.466 e. The highest BCUT2D eigenvalue weighted by Crippen LogP contribution is 1.94. The quantitative estimate of drug-likeness (QED) is 0.274. The van der Waals surface area contributed by atoms with Crippen LogP contribution in [-0.4, -0.2) is 29.5 Å². The van der Waals surface area contributed by atoms with Crippen molar-refractivity contribution in [2.24, 2.45) is 10.9 Å². The summed E-state index contributed by atoms with van der Waals surface area (Å²) in [6.45, 7) is 3.60. The first-order valence-electron chi connectivity index (χ1n) is 3.71. The minimum absolute atomic E-state index is 0.0454. The smallest absolute Gasteiger partial charge is 0.307 e. The fraction of sp³-hybridized carbons (Fsp3) is 0.714. The zero-order chi connectivity index (χ0) is 9.56. The zero-order valence-electron chi connectivity index (χ0n) is 7.28. The van der Waals surface area contributed by atoms with Gasteiger partial charge in [0.15, 0.2) is 0 Å². The number of ether oxygens (including phenoxy) is 1. The van der Waals surface area contributed by atoms with Gasteiger partial charge in [-0.3, -0.25) is 4.79 Å². The average molecular weight is 174 g/mol. The van der Waals surface area contributed by atoms with Crippen molar-refractivity contribution in [3.63, 3.8) is 0 Å². The van der Waals surface area contributed by atoms with E-state index in [-0.39, 0.29) is 12.4 Å². The van der Waals surface area contributed by atoms with Gasteiger partial charge in [0.2, 0.25) is 0 Å². The van der Waals surface area contributed by atoms with Crippen LogP contribution < -0.4 is 5.73 Å². The number of nitrogens with two attached hydrogens (primary N) is 1. The normalized spacial score (nSPS) is 14.1. The minimum atomic E-state index is -0.561. The van der Waals surface area contributed by atoms with E-state index in [0.717, 1.165) is 0 Å². The highest BCUT2D eigenvalue weighted by atomic mass is 16.5. The predicted molar refractivity (Wildman–Crippen MR) is 44.1 cm³/mol. The molecule has 0 aliphatic heterocycles. The van der Waals surface area contributed by atoms with Gasteiger partial charge in [-0.15, -0.1) is 0 Å². The fourth-order valence-corrected chi connectivity index (χ4v) is 0.621. The van der Waals surface area contributed by atoms with E-state index in [4.69, 9.17) is 10.9 Å². The Bertz CT molecular complexity index is 179. The van der Waals surface area contributed by atoms with Gasteiger partial charge >= 0.3 is 5.97 Å². The number of hydrogen-bond donors (Lipinski definition) is 2. The summed E-state index contributed by atoms with van der Waals surface area (Å²) in [5, 5.41) is 11.2. The van der Waals surface area contributed by atoms with Gasteiger partial charge in [-0.1, -0.05) is 5.16 Å². The van der Waals surface area contributed by atoms with Gasteiger partial charge in [0, 0.05) is 0 Å². The predicted octanol–water partition coefficient (Wildman–Crippen LogP) is 0.117. The lowest BCUT2D eigenvalue weighted by Gasteiger charge is -2.08. The van der Waals surface area contributed by atoms with E-state index < -0.39 is 6.04 Å². The number of hydrogen-bond acceptors (Lipinski definition) is 5. The second kappa shape index (κ2) is 5.54. The molecule has 0 aliphatic rings. The number of carbonyl (C=O) groups excluding carboxylic acids is 1. The molecule has 0 aromatic heterocycles. The van der Waals surface area contributed by atoms with Crippen LogP contribution in [0.1, 0.15) is 20.3 Å². The molecule has 0 aromatic rings. The Balaban J connectivity index is 3.84. The molecule has 0 saturated heterocycles. The monoisotopic (exact) mass is 174 g/mol. The van der Waals surface area contributed by atoms with Crippen LogP contribution >= 0.6 is 0 Å². The molecule has 0 radical (unpaired) electrons. The van der Waals surface area contributed by atoms with Gasteiger partial charge in [0.25, 0.3) is 0 Å². The van der Waals surface area contributed by atoms with Crippen LogP contribution in [0.3, 0.4) is 0 Å². The molecule has 0 fully saturated rings. The lowest BCUT2D eigenvalue weighted by atomic mass is 10.1. The van der Waals surface area contributed by atoms with E-state index >= 15 is 0 Å². The van der Waals surface area contributed by atoms with Crippen molar-refractivity contribution in [2.45, 2.75) is 26.3 Å². The maximum Gasteiger partial charge on any atom is 0.307 e. The Hall–Kier alpha value is -1.10. The summed E-state index contributed by atoms with van der Waals surface area (Å²) in [6.07, 6.45) is 0.0454. The third-order valence-electron chi connectivity index (χ3n) is 1.39. The average Bonchev–Trinajstić information content (AvgIpc) is 2.03. The maximum atomic E-state index is 10.8. The highest BCUT2D eigenvalue weighted by molar-refractivity contribution is 5.90. The summed E-state index contributed by atoms with van der Waals surface area (Å²) in [7, 11) is 0. The molecule has 12 heavy (non-hydrogen) atoms. The second-order valence-corrected chi connectivity index (χ2v) is 2.36. The lowest BCUT2D eigenvalue weighted by molar-refractivity contribution is -0.143. The van der Waals surface area contributed by atoms with Crippen LogP contribution in [0.25, 0.3) is 0 Å². The molecule has 70 valence electrons. The lowest BCUT2D eigenvalue weighted by Crippen LogP contribution is -2.31. The van der Waals surface area contributed by atoms with Crippen molar-refractivity contribution in [3.8, 4) is 0 Å². The summed E-state index contributed by atoms with van der Waals surface area (Å²) in [4.78, 5) is 10.8. The zero-order valence-corrected chi connectivity index (χ0v) is 7.28. The first-order chi connectivity index (χ1) is 5.61. The molecule has 3 N–H and O–H groups in total. The van der Waals surface area contributed by atoms with Crippen LogP contribution in [0.15, 0.2) is 5.16 Å². The van der Waals surface area contributed by atoms with E-state index in [0.29, 0.717) is 12.3 Å². The van der Waals surface area contributed by atoms with Gasteiger partial charge < -0.3 is 15.7 Å². The van der Waals surface area contributed by atoms with E-state index in [9.17, 15) is 4.79 Å². The summed E-state index contributed by atoms with van der Waals surface area (Å²) in [6, 6.07) is -0.561. The van der Waals surface area contributed by atoms with Crippen molar-refractivity contribution in [1.29, 1.82) is 0 Å². The molecule has 0 spiro atoms. The SMILES string of the molecule is CCOC(=O)C[C@@H](N)/C(C)=N\O. The topological polar surface area (TPSA) is 84.9 Å². The van der Waals surface area contributed by atoms with Gasteiger partial charge in [-0.2, -0.15) is 0 Å². The molecule has 0 aliphatic carbocycles. The fourth-order valence-electron chi connectivity index (χ4n) is 0.621. The Morgan fingerprint density at radius 1 is 1.75 bits per heavy atom. The first kappa shape index (κ1) is 10.9. The third-order valence-corrected chi connectivity index (χ3v) is 1.39. The number of oxime groups is 1. The number of esters is 1. The summed E-state index contributed by atoms with van der Waals surface area (Å²) >= 11 is 0. The Labute approximate surface area is 71.2 Å². The standard InChI is InChI=1S/C7H14N2O3/c1-3-12-7(10)4-6(8)5(2)9-11/h6,11H,3-4,8H2,1-2H3/b9-5-/t6-/m1/s1. The summed E-state index contributed by atoms with van der Waals surface area (Å²) in [5.74, 6) is -0.381. The van der Waals surface area contributed by atoms with Crippen LogP contribution in [0.5, 0.6) is 0 Å². The molecule has 0 aromatic carbocycles. The molecular formula is C7H14N2O3. The van der Waals surface area contributed by atoms with Crippen molar-refractivity contribution < 1.29 is 14.7 Å². The number of rotatable bonds is 4. The van der Waals surface area contributed by atoms with Gasteiger partial charge in [0.1, 0.15) is 0 Å². The molecule has 0 bridgehead atoms. The molecule has 0 rings (SSSR count). The highest BCUT2D eigenvalue weighted by Gasteiger charge is 2.12. The van der Waals surface area contributed by atoms with Crippen LogP contribution in [-0.2, 0) is 9.53 Å². The summed E-state index contributed by atoms with van der Waals surface area (Å²) < 4.78 is 4.65. The Kier molecular flexibility index (Phi) is 5.03. The molecular weight excluding hydrogens is 160 g/mol. The van der Waals surface area contributed by atoms with Crippen molar-refractivity contribution >= 4 is 11.7 Å². The maximum absolute atomic E-state index is 10.8. The molecule has 0 amide bonds. The van der Waals surface area contributed by atoms with Crippen molar-refractivity contribution in [1.82, 2.24) is 0 Å². The van der Waals surface area contributed by atoms with Crippen LogP contribution in [0.4, 0.5) is 0 Å². The van der Waals surface area contributed by atoms with Crippen LogP contribution in [0.2, 0.25) is 0 Å². The number of nitrogens with zero attached hydrogens (tertiary/aromatic N) is 1. The van der Waals surface area contributed by atoms with E-state index in [1.807, 2.05) is 0 Å². The van der Waals surface area contributed by atoms with Gasteiger partial charge in [-0.05, 0) is 13.8 Å². The second-order valence-electron chi connectivity index (χ2n) is 2.36. The van der Waals surface area contributed by atoms with E-state index in [2.05, 4.69) is 9.89 Å². The Morgan fingerprint density at radius 3 is 2.75 bits per heavy atom. The third kappa shape index (κ3) is 3.92.